The lowest BCUT2D eigenvalue weighted by Crippen LogP contribution is -2.42. The molecule has 34 heavy (non-hydrogen) atoms. The Labute approximate surface area is 198 Å². The molecule has 2 aromatic carbocycles. The summed E-state index contributed by atoms with van der Waals surface area (Å²) in [7, 11) is 0. The maximum Gasteiger partial charge on any atom is 0.325 e. The van der Waals surface area contributed by atoms with Gasteiger partial charge in [0, 0.05) is 24.5 Å². The Morgan fingerprint density at radius 3 is 2.44 bits per heavy atom. The molecule has 0 aliphatic carbocycles. The number of hydrogen-bond acceptors (Lipinski definition) is 6. The summed E-state index contributed by atoms with van der Waals surface area (Å²) >= 11 is 0. The number of carbonyl (C=O) groups is 3. The van der Waals surface area contributed by atoms with Gasteiger partial charge >= 0.3 is 6.03 Å². The molecule has 0 saturated carbocycles. The number of hydrogen-bond donors (Lipinski definition) is 2. The second-order valence-corrected chi connectivity index (χ2v) is 8.95. The topological polar surface area (TPSA) is 100 Å². The van der Waals surface area contributed by atoms with Crippen LogP contribution in [0.5, 0.6) is 11.5 Å². The predicted octanol–water partition coefficient (Wildman–Crippen LogP) is 2.85. The number of nitrogens with one attached hydrogen (secondary N) is 2. The summed E-state index contributed by atoms with van der Waals surface area (Å²) in [6.45, 7) is 4.20. The van der Waals surface area contributed by atoms with Gasteiger partial charge in [0.2, 0.25) is 5.91 Å². The van der Waals surface area contributed by atoms with Gasteiger partial charge in [-0.05, 0) is 68.1 Å². The monoisotopic (exact) mass is 464 g/mol. The van der Waals surface area contributed by atoms with E-state index in [1.807, 2.05) is 24.3 Å². The van der Waals surface area contributed by atoms with Gasteiger partial charge in [0.1, 0.15) is 25.3 Å². The van der Waals surface area contributed by atoms with E-state index in [1.165, 1.54) is 19.3 Å². The average Bonchev–Trinajstić information content (AvgIpc) is 3.08. The summed E-state index contributed by atoms with van der Waals surface area (Å²) < 4.78 is 11.1. The van der Waals surface area contributed by atoms with Gasteiger partial charge < -0.3 is 25.0 Å². The highest BCUT2D eigenvalue weighted by Gasteiger charge is 2.49. The summed E-state index contributed by atoms with van der Waals surface area (Å²) in [6.07, 6.45) is 3.65. The first kappa shape index (κ1) is 22.1. The van der Waals surface area contributed by atoms with Gasteiger partial charge in [0.15, 0.2) is 11.5 Å². The van der Waals surface area contributed by atoms with Gasteiger partial charge in [0.25, 0.3) is 5.91 Å². The van der Waals surface area contributed by atoms with Crippen LogP contribution < -0.4 is 25.0 Å². The first-order valence-corrected chi connectivity index (χ1v) is 11.6. The van der Waals surface area contributed by atoms with Crippen molar-refractivity contribution in [2.24, 2.45) is 0 Å². The molecular formula is C25H28N4O5. The Morgan fingerprint density at radius 2 is 1.71 bits per heavy atom. The molecule has 0 spiro atoms. The molecule has 4 amide bonds. The molecule has 3 aliphatic rings. The molecule has 3 heterocycles. The third-order valence-corrected chi connectivity index (χ3v) is 6.57. The van der Waals surface area contributed by atoms with E-state index >= 15 is 0 Å². The smallest absolute Gasteiger partial charge is 0.325 e. The molecule has 2 saturated heterocycles. The lowest BCUT2D eigenvalue weighted by molar-refractivity contribution is -0.133. The Kier molecular flexibility index (Phi) is 5.77. The molecule has 9 nitrogen and oxygen atoms in total. The maximum atomic E-state index is 13.2. The van der Waals surface area contributed by atoms with Gasteiger partial charge in [0.05, 0.1) is 0 Å². The second-order valence-electron chi connectivity index (χ2n) is 8.95. The summed E-state index contributed by atoms with van der Waals surface area (Å²) in [5.41, 5.74) is 1.00. The maximum absolute atomic E-state index is 13.2. The van der Waals surface area contributed by atoms with Gasteiger partial charge in [-0.3, -0.25) is 14.5 Å². The summed E-state index contributed by atoms with van der Waals surface area (Å²) in [6, 6.07) is 12.2. The lowest BCUT2D eigenvalue weighted by atomic mass is 9.91. The second kappa shape index (κ2) is 8.89. The molecule has 9 heteroatoms. The van der Waals surface area contributed by atoms with Crippen LogP contribution in [0.2, 0.25) is 0 Å². The largest absolute Gasteiger partial charge is 0.486 e. The molecule has 5 rings (SSSR count). The average molecular weight is 465 g/mol. The molecular weight excluding hydrogens is 436 g/mol. The minimum absolute atomic E-state index is 0.376. The van der Waals surface area contributed by atoms with Crippen LogP contribution in [0.1, 0.15) is 31.7 Å². The van der Waals surface area contributed by atoms with Crippen LogP contribution in [-0.2, 0) is 15.1 Å². The van der Waals surface area contributed by atoms with Crippen LogP contribution in [-0.4, -0.2) is 55.6 Å². The molecule has 0 radical (unpaired) electrons. The van der Waals surface area contributed by atoms with Gasteiger partial charge in [-0.1, -0.05) is 6.07 Å². The van der Waals surface area contributed by atoms with Crippen molar-refractivity contribution in [3.63, 3.8) is 0 Å². The fourth-order valence-corrected chi connectivity index (χ4v) is 4.64. The molecule has 0 bridgehead atoms. The molecule has 2 fully saturated rings. The Balaban J connectivity index is 1.24. The normalized spacial score (nSPS) is 21.9. The highest BCUT2D eigenvalue weighted by Crippen LogP contribution is 2.36. The van der Waals surface area contributed by atoms with Crippen molar-refractivity contribution in [2.45, 2.75) is 31.7 Å². The third kappa shape index (κ3) is 4.13. The van der Waals surface area contributed by atoms with E-state index < -0.39 is 23.4 Å². The minimum Gasteiger partial charge on any atom is -0.486 e. The number of nitrogens with zero attached hydrogens (tertiary/aromatic N) is 2. The van der Waals surface area contributed by atoms with E-state index in [0.29, 0.717) is 36.0 Å². The van der Waals surface area contributed by atoms with Crippen LogP contribution in [0.15, 0.2) is 42.5 Å². The van der Waals surface area contributed by atoms with Crippen molar-refractivity contribution < 1.29 is 23.9 Å². The van der Waals surface area contributed by atoms with Crippen LogP contribution in [0.25, 0.3) is 0 Å². The van der Waals surface area contributed by atoms with E-state index in [0.717, 1.165) is 23.7 Å². The number of amides is 4. The molecule has 2 N–H and O–H groups in total. The molecule has 3 aliphatic heterocycles. The van der Waals surface area contributed by atoms with E-state index in [-0.39, 0.29) is 6.54 Å². The van der Waals surface area contributed by atoms with Crippen molar-refractivity contribution >= 4 is 29.2 Å². The molecule has 0 aromatic heterocycles. The van der Waals surface area contributed by atoms with E-state index in [2.05, 4.69) is 15.5 Å². The summed E-state index contributed by atoms with van der Waals surface area (Å²) in [5.74, 6) is 0.180. The van der Waals surface area contributed by atoms with Crippen LogP contribution >= 0.6 is 0 Å². The quantitative estimate of drug-likeness (QED) is 0.660. The Morgan fingerprint density at radius 1 is 1.00 bits per heavy atom. The van der Waals surface area contributed by atoms with E-state index in [1.54, 1.807) is 25.1 Å². The SMILES string of the molecule is CC1(c2ccc3c(c2)OCCO3)NC(=O)N(CC(=O)Nc2ccc(N3CCCCC3)cc2)C1=O. The molecule has 178 valence electrons. The highest BCUT2D eigenvalue weighted by atomic mass is 16.6. The number of ether oxygens (including phenoxy) is 2. The fourth-order valence-electron chi connectivity index (χ4n) is 4.64. The number of rotatable bonds is 5. The zero-order valence-electron chi connectivity index (χ0n) is 19.1. The third-order valence-electron chi connectivity index (χ3n) is 6.57. The zero-order valence-corrected chi connectivity index (χ0v) is 19.1. The van der Waals surface area contributed by atoms with Crippen molar-refractivity contribution in [3.05, 3.63) is 48.0 Å². The summed E-state index contributed by atoms with van der Waals surface area (Å²) in [5, 5.41) is 5.50. The molecule has 2 aromatic rings. The van der Waals surface area contributed by atoms with Crippen LogP contribution in [0, 0.1) is 0 Å². The number of imide groups is 1. The molecule has 1 atom stereocenters. The number of urea groups is 1. The molecule has 1 unspecified atom stereocenters. The first-order chi connectivity index (χ1) is 16.4. The summed E-state index contributed by atoms with van der Waals surface area (Å²) in [4.78, 5) is 41.7. The zero-order chi connectivity index (χ0) is 23.7. The fraction of sp³-hybridized carbons (Fsp3) is 0.400. The number of carbonyl (C=O) groups excluding carboxylic acids is 3. The van der Waals surface area contributed by atoms with Crippen LogP contribution in [0.3, 0.4) is 0 Å². The van der Waals surface area contributed by atoms with Gasteiger partial charge in [-0.15, -0.1) is 0 Å². The standard InChI is InChI=1S/C25H28N4O5/c1-25(17-5-10-20-21(15-17)34-14-13-33-20)23(31)29(24(32)27-25)16-22(30)26-18-6-8-19(9-7-18)28-11-3-2-4-12-28/h5-10,15H,2-4,11-14,16H2,1H3,(H,26,30)(H,27,32). The van der Waals surface area contributed by atoms with E-state index in [4.69, 9.17) is 9.47 Å². The lowest BCUT2D eigenvalue weighted by Gasteiger charge is -2.28. The van der Waals surface area contributed by atoms with Gasteiger partial charge in [-0.25, -0.2) is 4.79 Å². The van der Waals surface area contributed by atoms with Crippen molar-refractivity contribution in [3.8, 4) is 11.5 Å². The number of benzene rings is 2. The van der Waals surface area contributed by atoms with Crippen LogP contribution in [0.4, 0.5) is 16.2 Å². The number of fused-ring (bicyclic) bond motifs is 1. The Bertz CT molecular complexity index is 1110. The first-order valence-electron chi connectivity index (χ1n) is 11.6. The highest BCUT2D eigenvalue weighted by molar-refractivity contribution is 6.10. The van der Waals surface area contributed by atoms with Crippen molar-refractivity contribution in [1.82, 2.24) is 10.2 Å². The Hall–Kier alpha value is -3.75. The van der Waals surface area contributed by atoms with Crippen molar-refractivity contribution in [2.75, 3.05) is 43.1 Å². The predicted molar refractivity (Wildman–Crippen MR) is 126 cm³/mol. The minimum atomic E-state index is -1.30. The van der Waals surface area contributed by atoms with Gasteiger partial charge in [-0.2, -0.15) is 0 Å². The number of anilines is 2. The van der Waals surface area contributed by atoms with E-state index in [9.17, 15) is 14.4 Å². The van der Waals surface area contributed by atoms with Crippen molar-refractivity contribution in [1.29, 1.82) is 0 Å². The number of piperidine rings is 1.